The number of carbonyl (C=O) groups excluding carboxylic acids is 5. The molecule has 1 aliphatic heterocycles. The highest BCUT2D eigenvalue weighted by molar-refractivity contribution is 9.10. The zero-order chi connectivity index (χ0) is 29.3. The summed E-state index contributed by atoms with van der Waals surface area (Å²) in [6, 6.07) is 18.5. The van der Waals surface area contributed by atoms with Crippen LogP contribution in [0.2, 0.25) is 5.02 Å². The molecule has 0 spiro atoms. The van der Waals surface area contributed by atoms with Gasteiger partial charge in [-0.1, -0.05) is 46.6 Å². The number of esters is 1. The average molecular weight is 636 g/mol. The van der Waals surface area contributed by atoms with Crippen LogP contribution in [0.4, 0.5) is 0 Å². The molecule has 8 nitrogen and oxygen atoms in total. The second kappa shape index (κ2) is 11.8. The minimum atomic E-state index is -0.684. The first-order valence-electron chi connectivity index (χ1n) is 12.9. The third kappa shape index (κ3) is 5.87. The Morgan fingerprint density at radius 3 is 2.15 bits per heavy atom. The van der Waals surface area contributed by atoms with Crippen molar-refractivity contribution in [3.63, 3.8) is 0 Å². The van der Waals surface area contributed by atoms with Crippen molar-refractivity contribution < 1.29 is 28.7 Å². The highest BCUT2D eigenvalue weighted by atomic mass is 79.9. The van der Waals surface area contributed by atoms with E-state index in [1.807, 2.05) is 19.1 Å². The number of hydrogen-bond donors (Lipinski definition) is 0. The summed E-state index contributed by atoms with van der Waals surface area (Å²) in [7, 11) is 0. The molecule has 208 valence electrons. The second-order valence-electron chi connectivity index (χ2n) is 9.86. The van der Waals surface area contributed by atoms with Gasteiger partial charge in [-0.2, -0.15) is 5.01 Å². The maximum Gasteiger partial charge on any atom is 0.343 e. The maximum absolute atomic E-state index is 13.6. The molecule has 3 amide bonds. The van der Waals surface area contributed by atoms with E-state index in [-0.39, 0.29) is 22.8 Å². The molecule has 5 rings (SSSR count). The molecule has 3 aromatic carbocycles. The number of ether oxygens (including phenoxy) is 1. The summed E-state index contributed by atoms with van der Waals surface area (Å²) in [6.07, 6.45) is 4.13. The van der Waals surface area contributed by atoms with Gasteiger partial charge in [0.2, 0.25) is 0 Å². The molecule has 10 heteroatoms. The molecule has 0 saturated carbocycles. The number of benzene rings is 3. The Kier molecular flexibility index (Phi) is 8.19. The number of allylic oxidation sites excluding steroid dienone is 2. The number of hydrogen-bond acceptors (Lipinski definition) is 6. The Balaban J connectivity index is 1.38. The number of ketones is 1. The number of nitrogens with zero attached hydrogens (tertiary/aromatic N) is 2. The van der Waals surface area contributed by atoms with E-state index < -0.39 is 47.9 Å². The predicted molar refractivity (Wildman–Crippen MR) is 154 cm³/mol. The first-order valence-corrected chi connectivity index (χ1v) is 14.0. The van der Waals surface area contributed by atoms with Gasteiger partial charge in [0.1, 0.15) is 12.3 Å². The fourth-order valence-corrected chi connectivity index (χ4v) is 5.42. The Hall–Kier alpha value is -4.08. The first kappa shape index (κ1) is 28.4. The topological polar surface area (TPSA) is 101 Å². The minimum absolute atomic E-state index is 0.166. The van der Waals surface area contributed by atoms with Crippen molar-refractivity contribution in [3.8, 4) is 5.75 Å². The molecule has 41 heavy (non-hydrogen) atoms. The average Bonchev–Trinajstić information content (AvgIpc) is 3.22. The fourth-order valence-electron chi connectivity index (χ4n) is 5.03. The predicted octanol–water partition coefficient (Wildman–Crippen LogP) is 5.76. The number of fused-ring (bicyclic) bond motifs is 1. The van der Waals surface area contributed by atoms with E-state index in [1.54, 1.807) is 24.3 Å². The van der Waals surface area contributed by atoms with Gasteiger partial charge in [0.15, 0.2) is 5.78 Å². The molecule has 3 atom stereocenters. The Morgan fingerprint density at radius 1 is 0.902 bits per heavy atom. The SMILES string of the molecule is C[C@@H]1C=CC[C@H]2C(=O)N(N(CC(=O)c3ccc(OC(=O)c4ccc(Br)cc4)cc3)C(=O)c3ccc(Cl)cc3)C(=O)[C@H]12. The number of hydrazine groups is 1. The lowest BCUT2D eigenvalue weighted by Gasteiger charge is -2.30. The Morgan fingerprint density at radius 2 is 1.51 bits per heavy atom. The molecule has 2 aliphatic rings. The van der Waals surface area contributed by atoms with E-state index in [1.165, 1.54) is 48.5 Å². The summed E-state index contributed by atoms with van der Waals surface area (Å²) in [5.74, 6) is -3.96. The van der Waals surface area contributed by atoms with Crippen LogP contribution >= 0.6 is 27.5 Å². The Bertz CT molecular complexity index is 1550. The van der Waals surface area contributed by atoms with Crippen LogP contribution in [0, 0.1) is 17.8 Å². The van der Waals surface area contributed by atoms with Crippen LogP contribution in [-0.2, 0) is 9.59 Å². The molecule has 0 bridgehead atoms. The van der Waals surface area contributed by atoms with E-state index in [2.05, 4.69) is 15.9 Å². The van der Waals surface area contributed by atoms with Crippen LogP contribution in [0.15, 0.2) is 89.4 Å². The quantitative estimate of drug-likeness (QED) is 0.108. The van der Waals surface area contributed by atoms with E-state index >= 15 is 0 Å². The molecule has 0 radical (unpaired) electrons. The lowest BCUT2D eigenvalue weighted by atomic mass is 9.78. The van der Waals surface area contributed by atoms with Crippen molar-refractivity contribution in [1.82, 2.24) is 10.0 Å². The molecular formula is C31H24BrClN2O6. The van der Waals surface area contributed by atoms with Gasteiger partial charge in [0.25, 0.3) is 17.7 Å². The van der Waals surface area contributed by atoms with Crippen molar-refractivity contribution in [2.75, 3.05) is 6.54 Å². The fraction of sp³-hybridized carbons (Fsp3) is 0.194. The molecule has 1 saturated heterocycles. The van der Waals surface area contributed by atoms with Crippen molar-refractivity contribution in [2.24, 2.45) is 17.8 Å². The Labute approximate surface area is 249 Å². The summed E-state index contributed by atoms with van der Waals surface area (Å²) in [5.41, 5.74) is 0.725. The van der Waals surface area contributed by atoms with Gasteiger partial charge in [0, 0.05) is 20.6 Å². The number of imide groups is 1. The molecule has 3 aromatic rings. The van der Waals surface area contributed by atoms with Gasteiger partial charge >= 0.3 is 5.97 Å². The number of amides is 3. The summed E-state index contributed by atoms with van der Waals surface area (Å²) in [4.78, 5) is 66.4. The summed E-state index contributed by atoms with van der Waals surface area (Å²) < 4.78 is 6.21. The van der Waals surface area contributed by atoms with E-state index in [0.717, 1.165) is 14.5 Å². The van der Waals surface area contributed by atoms with Gasteiger partial charge in [0.05, 0.1) is 17.4 Å². The van der Waals surface area contributed by atoms with E-state index in [0.29, 0.717) is 17.0 Å². The standard InChI is InChI=1S/C31H24BrClN2O6/c1-18-3-2-4-25-27(18)30(39)35(29(25)38)34(28(37)20-7-13-23(33)14-8-20)17-26(36)19-9-15-24(16-10-19)41-31(40)21-5-11-22(32)12-6-21/h2-3,5-16,18,25,27H,4,17H2,1H3/t18-,25-,27-/m1/s1. The summed E-state index contributed by atoms with van der Waals surface area (Å²) in [5, 5.41) is 2.16. The zero-order valence-electron chi connectivity index (χ0n) is 21.8. The van der Waals surface area contributed by atoms with E-state index in [9.17, 15) is 24.0 Å². The third-order valence-electron chi connectivity index (χ3n) is 7.18. The molecule has 0 N–H and O–H groups in total. The molecule has 1 fully saturated rings. The molecule has 0 unspecified atom stereocenters. The minimum Gasteiger partial charge on any atom is -0.423 e. The molecule has 0 aromatic heterocycles. The van der Waals surface area contributed by atoms with Gasteiger partial charge < -0.3 is 4.74 Å². The molecule has 1 aliphatic carbocycles. The largest absolute Gasteiger partial charge is 0.423 e. The van der Waals surface area contributed by atoms with Gasteiger partial charge in [-0.3, -0.25) is 19.2 Å². The van der Waals surface area contributed by atoms with Gasteiger partial charge in [-0.15, -0.1) is 0 Å². The van der Waals surface area contributed by atoms with Crippen LogP contribution in [-0.4, -0.2) is 46.0 Å². The second-order valence-corrected chi connectivity index (χ2v) is 11.2. The van der Waals surface area contributed by atoms with Gasteiger partial charge in [-0.25, -0.2) is 9.80 Å². The normalized spacial score (nSPS) is 19.6. The highest BCUT2D eigenvalue weighted by Gasteiger charge is 2.53. The lowest BCUT2D eigenvalue weighted by molar-refractivity contribution is -0.154. The number of carbonyl (C=O) groups is 5. The monoisotopic (exact) mass is 634 g/mol. The summed E-state index contributed by atoms with van der Waals surface area (Å²) >= 11 is 9.29. The van der Waals surface area contributed by atoms with Crippen LogP contribution in [0.1, 0.15) is 44.4 Å². The van der Waals surface area contributed by atoms with Crippen molar-refractivity contribution in [1.29, 1.82) is 0 Å². The number of Topliss-reactive ketones (excluding diaryl/α,β-unsaturated/α-hetero) is 1. The smallest absolute Gasteiger partial charge is 0.343 e. The highest BCUT2D eigenvalue weighted by Crippen LogP contribution is 2.39. The number of halogens is 2. The first-order chi connectivity index (χ1) is 19.6. The van der Waals surface area contributed by atoms with Crippen LogP contribution in [0.25, 0.3) is 0 Å². The number of rotatable bonds is 7. The van der Waals surface area contributed by atoms with E-state index in [4.69, 9.17) is 16.3 Å². The maximum atomic E-state index is 13.6. The zero-order valence-corrected chi connectivity index (χ0v) is 24.2. The van der Waals surface area contributed by atoms with Crippen LogP contribution in [0.5, 0.6) is 5.75 Å². The third-order valence-corrected chi connectivity index (χ3v) is 7.96. The van der Waals surface area contributed by atoms with Crippen molar-refractivity contribution in [2.45, 2.75) is 13.3 Å². The van der Waals surface area contributed by atoms with Crippen molar-refractivity contribution in [3.05, 3.63) is 111 Å². The summed E-state index contributed by atoms with van der Waals surface area (Å²) in [6.45, 7) is 1.29. The van der Waals surface area contributed by atoms with Crippen LogP contribution in [0.3, 0.4) is 0 Å². The molecule has 1 heterocycles. The van der Waals surface area contributed by atoms with Gasteiger partial charge in [-0.05, 0) is 85.1 Å². The lowest BCUT2D eigenvalue weighted by Crippen LogP contribution is -2.52. The van der Waals surface area contributed by atoms with Crippen molar-refractivity contribution >= 4 is 57.0 Å². The van der Waals surface area contributed by atoms with Crippen LogP contribution < -0.4 is 4.74 Å². The molecular weight excluding hydrogens is 612 g/mol.